The molecule has 0 bridgehead atoms. The predicted molar refractivity (Wildman–Crippen MR) is 152 cm³/mol. The van der Waals surface area contributed by atoms with Crippen LogP contribution < -0.4 is 4.90 Å². The fraction of sp³-hybridized carbons (Fsp3) is 0.333. The lowest BCUT2D eigenvalue weighted by atomic mass is 10.2. The Morgan fingerprint density at radius 1 is 0.919 bits per heavy atom. The molecule has 2 aromatic heterocycles. The number of hydrogen-bond donors (Lipinski definition) is 0. The van der Waals surface area contributed by atoms with E-state index in [0.717, 1.165) is 52.4 Å². The van der Waals surface area contributed by atoms with Crippen LogP contribution in [0.3, 0.4) is 0 Å². The van der Waals surface area contributed by atoms with Crippen molar-refractivity contribution in [1.29, 1.82) is 0 Å². The Labute approximate surface area is 224 Å². The molecule has 0 spiro atoms. The van der Waals surface area contributed by atoms with Crippen molar-refractivity contribution in [1.82, 2.24) is 4.98 Å². The van der Waals surface area contributed by atoms with Crippen molar-refractivity contribution in [3.63, 3.8) is 0 Å². The summed E-state index contributed by atoms with van der Waals surface area (Å²) in [6.07, 6.45) is 1.85. The quantitative estimate of drug-likeness (QED) is 0.109. The number of nitrogens with zero attached hydrogens (tertiary/aromatic N) is 6. The number of fused-ring (bicyclic) bond motifs is 1. The lowest BCUT2D eigenvalue weighted by Crippen LogP contribution is -2.21. The van der Waals surface area contributed by atoms with E-state index in [-0.39, 0.29) is 5.97 Å². The maximum absolute atomic E-state index is 12.1. The molecule has 0 atom stereocenters. The molecule has 0 saturated heterocycles. The van der Waals surface area contributed by atoms with Gasteiger partial charge >= 0.3 is 5.97 Å². The van der Waals surface area contributed by atoms with Gasteiger partial charge in [-0.1, -0.05) is 24.7 Å². The van der Waals surface area contributed by atoms with Crippen molar-refractivity contribution in [3.05, 3.63) is 59.0 Å². The molecule has 2 aromatic carbocycles. The van der Waals surface area contributed by atoms with Gasteiger partial charge < -0.3 is 9.64 Å². The fourth-order valence-corrected chi connectivity index (χ4v) is 5.52. The number of thiazole rings is 1. The van der Waals surface area contributed by atoms with Crippen LogP contribution in [0.2, 0.25) is 0 Å². The minimum atomic E-state index is -0.295. The Hall–Kier alpha value is -3.50. The van der Waals surface area contributed by atoms with E-state index in [2.05, 4.69) is 63.2 Å². The van der Waals surface area contributed by atoms with Crippen molar-refractivity contribution in [2.45, 2.75) is 40.5 Å². The van der Waals surface area contributed by atoms with E-state index in [4.69, 9.17) is 4.74 Å². The van der Waals surface area contributed by atoms with Crippen LogP contribution in [0.25, 0.3) is 9.53 Å². The molecule has 0 amide bonds. The smallest absolute Gasteiger partial charge is 0.348 e. The molecule has 192 valence electrons. The molecule has 0 saturated carbocycles. The van der Waals surface area contributed by atoms with Gasteiger partial charge in [0.2, 0.25) is 5.13 Å². The largest absolute Gasteiger partial charge is 0.462 e. The second kappa shape index (κ2) is 12.6. The van der Waals surface area contributed by atoms with Gasteiger partial charge in [0, 0.05) is 18.8 Å². The zero-order chi connectivity index (χ0) is 26.2. The summed E-state index contributed by atoms with van der Waals surface area (Å²) < 4.78 is 6.18. The highest BCUT2D eigenvalue weighted by Gasteiger charge is 2.15. The normalized spacial score (nSPS) is 11.7. The van der Waals surface area contributed by atoms with Crippen LogP contribution in [0.1, 0.15) is 48.8 Å². The van der Waals surface area contributed by atoms with Crippen molar-refractivity contribution < 1.29 is 9.53 Å². The molecule has 4 rings (SSSR count). The summed E-state index contributed by atoms with van der Waals surface area (Å²) in [6.45, 7) is 10.7. The average Bonchev–Trinajstić information content (AvgIpc) is 3.48. The first-order chi connectivity index (χ1) is 18.0. The Kier molecular flexibility index (Phi) is 9.08. The van der Waals surface area contributed by atoms with Gasteiger partial charge in [-0.2, -0.15) is 10.2 Å². The average molecular weight is 535 g/mol. The lowest BCUT2D eigenvalue weighted by Gasteiger charge is -2.20. The van der Waals surface area contributed by atoms with Gasteiger partial charge in [0.15, 0.2) is 0 Å². The number of thiophene rings is 1. The minimum absolute atomic E-state index is 0.295. The predicted octanol–water partition coefficient (Wildman–Crippen LogP) is 9.30. The number of hydrogen-bond acceptors (Lipinski definition) is 10. The van der Waals surface area contributed by atoms with E-state index in [0.29, 0.717) is 22.3 Å². The molecule has 2 heterocycles. The van der Waals surface area contributed by atoms with Crippen molar-refractivity contribution in [2.24, 2.45) is 20.5 Å². The number of unbranched alkanes of at least 4 members (excludes halogenated alkanes) is 1. The monoisotopic (exact) mass is 534 g/mol. The van der Waals surface area contributed by atoms with Crippen LogP contribution in [0.15, 0.2) is 69.0 Å². The van der Waals surface area contributed by atoms with E-state index >= 15 is 0 Å². The molecular weight excluding hydrogens is 504 g/mol. The number of ether oxygens (including phenoxy) is 1. The lowest BCUT2D eigenvalue weighted by molar-refractivity contribution is 0.0505. The van der Waals surface area contributed by atoms with E-state index in [1.807, 2.05) is 43.3 Å². The molecule has 0 unspecified atom stereocenters. The zero-order valence-electron chi connectivity index (χ0n) is 21.5. The summed E-state index contributed by atoms with van der Waals surface area (Å²) in [5.41, 5.74) is 4.42. The van der Waals surface area contributed by atoms with Gasteiger partial charge in [0.25, 0.3) is 0 Å². The van der Waals surface area contributed by atoms with Crippen molar-refractivity contribution in [2.75, 3.05) is 24.6 Å². The Morgan fingerprint density at radius 3 is 2.32 bits per heavy atom. The number of benzene rings is 2. The van der Waals surface area contributed by atoms with Gasteiger partial charge in [0.05, 0.1) is 28.4 Å². The van der Waals surface area contributed by atoms with Gasteiger partial charge in [-0.3, -0.25) is 0 Å². The Morgan fingerprint density at radius 2 is 1.65 bits per heavy atom. The Balaban J connectivity index is 1.39. The number of carbonyl (C=O) groups is 1. The molecule has 0 aliphatic heterocycles. The first-order valence-electron chi connectivity index (χ1n) is 12.4. The summed E-state index contributed by atoms with van der Waals surface area (Å²) in [5, 5.41) is 18.0. The van der Waals surface area contributed by atoms with E-state index in [1.54, 1.807) is 0 Å². The van der Waals surface area contributed by atoms with Crippen LogP contribution >= 0.6 is 22.7 Å². The van der Waals surface area contributed by atoms with Crippen molar-refractivity contribution in [3.8, 4) is 0 Å². The van der Waals surface area contributed by atoms with Crippen LogP contribution in [0.4, 0.5) is 27.9 Å². The maximum Gasteiger partial charge on any atom is 0.348 e. The molecule has 4 aromatic rings. The SMILES string of the molecule is CCCCOC(=O)c1cc2sc(N=Nc3ccc(N=Nc4ccc(N(CC)CC)cc4)c(C)c3)nc2s1. The second-order valence-electron chi connectivity index (χ2n) is 8.33. The molecular formula is C27H30N6O2S2. The van der Waals surface area contributed by atoms with Gasteiger partial charge in [-0.05, 0) is 81.3 Å². The molecule has 0 N–H and O–H groups in total. The molecule has 8 nitrogen and oxygen atoms in total. The highest BCUT2D eigenvalue weighted by Crippen LogP contribution is 2.35. The Bertz CT molecular complexity index is 1370. The van der Waals surface area contributed by atoms with Gasteiger partial charge in [0.1, 0.15) is 9.71 Å². The highest BCUT2D eigenvalue weighted by atomic mass is 32.1. The first-order valence-corrected chi connectivity index (χ1v) is 14.0. The van der Waals surface area contributed by atoms with E-state index in [9.17, 15) is 4.79 Å². The summed E-state index contributed by atoms with van der Waals surface area (Å²) in [6, 6.07) is 15.6. The van der Waals surface area contributed by atoms with Crippen LogP contribution in [0.5, 0.6) is 0 Å². The number of rotatable bonds is 11. The third kappa shape index (κ3) is 6.84. The molecule has 37 heavy (non-hydrogen) atoms. The van der Waals surface area contributed by atoms with Gasteiger partial charge in [-0.25, -0.2) is 9.78 Å². The third-order valence-corrected chi connectivity index (χ3v) is 7.72. The van der Waals surface area contributed by atoms with Gasteiger partial charge in [-0.15, -0.1) is 21.6 Å². The van der Waals surface area contributed by atoms with Crippen molar-refractivity contribution >= 4 is 66.1 Å². The van der Waals surface area contributed by atoms with Crippen LogP contribution in [0, 0.1) is 6.92 Å². The van der Waals surface area contributed by atoms with E-state index in [1.165, 1.54) is 28.4 Å². The van der Waals surface area contributed by atoms with E-state index < -0.39 is 0 Å². The summed E-state index contributed by atoms with van der Waals surface area (Å²) in [7, 11) is 0. The minimum Gasteiger partial charge on any atom is -0.462 e. The molecule has 0 aliphatic carbocycles. The summed E-state index contributed by atoms with van der Waals surface area (Å²) in [5.74, 6) is -0.295. The number of azo groups is 2. The molecule has 0 fully saturated rings. The fourth-order valence-electron chi connectivity index (χ4n) is 3.59. The summed E-state index contributed by atoms with van der Waals surface area (Å²) in [4.78, 5) is 20.2. The number of esters is 1. The standard InChI is InChI=1S/C27H30N6O2S2/c1-5-8-15-35-26(34)24-17-23-25(36-24)28-27(37-23)32-30-20-11-14-22(18(4)16-20)31-29-19-9-12-21(13-10-19)33(6-2)7-3/h9-14,16-17H,5-8,15H2,1-4H3. The third-order valence-electron chi connectivity index (χ3n) is 5.69. The van der Waals surface area contributed by atoms with Crippen LogP contribution in [-0.4, -0.2) is 30.6 Å². The summed E-state index contributed by atoms with van der Waals surface area (Å²) >= 11 is 2.71. The number of aromatic nitrogens is 1. The molecule has 0 aliphatic rings. The first kappa shape index (κ1) is 26.6. The maximum atomic E-state index is 12.1. The molecule has 10 heteroatoms. The number of carbonyl (C=O) groups excluding carboxylic acids is 1. The highest BCUT2D eigenvalue weighted by molar-refractivity contribution is 7.29. The second-order valence-corrected chi connectivity index (χ2v) is 10.4. The van der Waals surface area contributed by atoms with Crippen LogP contribution in [-0.2, 0) is 4.74 Å². The zero-order valence-corrected chi connectivity index (χ0v) is 23.1. The topological polar surface area (TPSA) is 91.9 Å². The molecule has 0 radical (unpaired) electrons. The number of aryl methyl sites for hydroxylation is 1. The number of anilines is 1.